The summed E-state index contributed by atoms with van der Waals surface area (Å²) in [5.41, 5.74) is 6.27. The van der Waals surface area contributed by atoms with Crippen LogP contribution >= 0.6 is 0 Å². The van der Waals surface area contributed by atoms with E-state index in [4.69, 9.17) is 0 Å². The summed E-state index contributed by atoms with van der Waals surface area (Å²) in [6.45, 7) is 4.07. The molecule has 0 amide bonds. The fraction of sp³-hybridized carbons (Fsp3) is 0.167. The molecule has 3 aromatic heterocycles. The monoisotopic (exact) mass is 227 g/mol. The van der Waals surface area contributed by atoms with E-state index >= 15 is 0 Å². The van der Waals surface area contributed by atoms with Crippen molar-refractivity contribution < 1.29 is 0 Å². The first-order chi connectivity index (χ1) is 8.24. The van der Waals surface area contributed by atoms with Gasteiger partial charge in [0.05, 0.1) is 0 Å². The SMILES string of the molecule is Cc1ccc(C)n1Nc1nc2ccccn2n1. The summed E-state index contributed by atoms with van der Waals surface area (Å²) in [5.74, 6) is 0.596. The predicted molar refractivity (Wildman–Crippen MR) is 65.9 cm³/mol. The van der Waals surface area contributed by atoms with Crippen LogP contribution in [0, 0.1) is 13.8 Å². The van der Waals surface area contributed by atoms with Crippen LogP contribution < -0.4 is 5.43 Å². The summed E-state index contributed by atoms with van der Waals surface area (Å²) in [6.07, 6.45) is 1.88. The number of nitrogens with one attached hydrogen (secondary N) is 1. The molecule has 0 saturated heterocycles. The van der Waals surface area contributed by atoms with Crippen molar-refractivity contribution in [3.63, 3.8) is 0 Å². The van der Waals surface area contributed by atoms with Crippen molar-refractivity contribution >= 4 is 11.6 Å². The Balaban J connectivity index is 2.00. The van der Waals surface area contributed by atoms with E-state index in [1.165, 1.54) is 0 Å². The number of hydrogen-bond acceptors (Lipinski definition) is 3. The van der Waals surface area contributed by atoms with E-state index in [9.17, 15) is 0 Å². The second-order valence-corrected chi connectivity index (χ2v) is 4.00. The van der Waals surface area contributed by atoms with Crippen LogP contribution in [-0.4, -0.2) is 19.3 Å². The Kier molecular flexibility index (Phi) is 2.11. The van der Waals surface area contributed by atoms with Crippen LogP contribution in [0.5, 0.6) is 0 Å². The number of anilines is 1. The Morgan fingerprint density at radius 1 is 1.06 bits per heavy atom. The van der Waals surface area contributed by atoms with Gasteiger partial charge in [0, 0.05) is 17.6 Å². The fourth-order valence-corrected chi connectivity index (χ4v) is 1.82. The van der Waals surface area contributed by atoms with Crippen molar-refractivity contribution in [3.8, 4) is 0 Å². The van der Waals surface area contributed by atoms with E-state index in [2.05, 4.69) is 27.6 Å². The van der Waals surface area contributed by atoms with E-state index in [1.54, 1.807) is 4.52 Å². The minimum Gasteiger partial charge on any atom is -0.262 e. The van der Waals surface area contributed by atoms with Crippen LogP contribution in [0.1, 0.15) is 11.4 Å². The van der Waals surface area contributed by atoms with Gasteiger partial charge in [0.25, 0.3) is 5.95 Å². The van der Waals surface area contributed by atoms with Crippen molar-refractivity contribution in [1.29, 1.82) is 0 Å². The highest BCUT2D eigenvalue weighted by Crippen LogP contribution is 2.09. The normalized spacial score (nSPS) is 10.9. The van der Waals surface area contributed by atoms with Gasteiger partial charge in [-0.05, 0) is 38.1 Å². The molecule has 0 bridgehead atoms. The van der Waals surface area contributed by atoms with Gasteiger partial charge < -0.3 is 0 Å². The van der Waals surface area contributed by atoms with Crippen molar-refractivity contribution in [3.05, 3.63) is 47.9 Å². The van der Waals surface area contributed by atoms with E-state index in [0.29, 0.717) is 5.95 Å². The van der Waals surface area contributed by atoms with E-state index in [1.807, 2.05) is 42.9 Å². The van der Waals surface area contributed by atoms with Gasteiger partial charge >= 0.3 is 0 Å². The molecule has 5 heteroatoms. The molecule has 0 saturated carbocycles. The van der Waals surface area contributed by atoms with Gasteiger partial charge in [0.15, 0.2) is 5.65 Å². The lowest BCUT2D eigenvalue weighted by molar-refractivity contribution is 0.849. The van der Waals surface area contributed by atoms with E-state index in [-0.39, 0.29) is 0 Å². The topological polar surface area (TPSA) is 47.2 Å². The number of hydrogen-bond donors (Lipinski definition) is 1. The Morgan fingerprint density at radius 3 is 2.53 bits per heavy atom. The van der Waals surface area contributed by atoms with Crippen LogP contribution in [0.2, 0.25) is 0 Å². The Morgan fingerprint density at radius 2 is 1.82 bits per heavy atom. The molecule has 0 aliphatic heterocycles. The summed E-state index contributed by atoms with van der Waals surface area (Å²) in [5, 5.41) is 4.34. The first kappa shape index (κ1) is 9.89. The van der Waals surface area contributed by atoms with Crippen LogP contribution in [0.4, 0.5) is 5.95 Å². The minimum absolute atomic E-state index is 0.596. The molecule has 0 aliphatic rings. The van der Waals surface area contributed by atoms with Crippen molar-refractivity contribution in [1.82, 2.24) is 19.3 Å². The van der Waals surface area contributed by atoms with Crippen molar-refractivity contribution in [2.24, 2.45) is 0 Å². The molecule has 0 fully saturated rings. The average molecular weight is 227 g/mol. The van der Waals surface area contributed by atoms with Gasteiger partial charge in [-0.3, -0.25) is 10.1 Å². The Hall–Kier alpha value is -2.30. The van der Waals surface area contributed by atoms with Crippen LogP contribution in [-0.2, 0) is 0 Å². The molecule has 5 nitrogen and oxygen atoms in total. The molecular formula is C12H13N5. The quantitative estimate of drug-likeness (QED) is 0.728. The minimum atomic E-state index is 0.596. The summed E-state index contributed by atoms with van der Waals surface area (Å²) in [6, 6.07) is 9.90. The maximum absolute atomic E-state index is 4.39. The maximum atomic E-state index is 4.39. The zero-order valence-electron chi connectivity index (χ0n) is 9.75. The highest BCUT2D eigenvalue weighted by atomic mass is 15.5. The van der Waals surface area contributed by atoms with Gasteiger partial charge in [-0.25, -0.2) is 4.52 Å². The number of nitrogens with zero attached hydrogens (tertiary/aromatic N) is 4. The first-order valence-electron chi connectivity index (χ1n) is 5.47. The maximum Gasteiger partial charge on any atom is 0.262 e. The zero-order valence-corrected chi connectivity index (χ0v) is 9.75. The third-order valence-corrected chi connectivity index (χ3v) is 2.72. The Bertz CT molecular complexity index is 612. The van der Waals surface area contributed by atoms with E-state index < -0.39 is 0 Å². The number of aryl methyl sites for hydroxylation is 2. The highest BCUT2D eigenvalue weighted by molar-refractivity contribution is 5.43. The van der Waals surface area contributed by atoms with Crippen molar-refractivity contribution in [2.45, 2.75) is 13.8 Å². The number of aromatic nitrogens is 4. The molecule has 86 valence electrons. The molecule has 0 atom stereocenters. The number of fused-ring (bicyclic) bond motifs is 1. The molecule has 3 rings (SSSR count). The first-order valence-corrected chi connectivity index (χ1v) is 5.47. The lowest BCUT2D eigenvalue weighted by atomic mass is 10.5. The molecular weight excluding hydrogens is 214 g/mol. The number of pyridine rings is 1. The van der Waals surface area contributed by atoms with E-state index in [0.717, 1.165) is 17.0 Å². The molecule has 0 aliphatic carbocycles. The van der Waals surface area contributed by atoms with Gasteiger partial charge in [0.2, 0.25) is 0 Å². The standard InChI is InChI=1S/C12H13N5/c1-9-6-7-10(2)17(9)15-12-13-11-5-3-4-8-16(11)14-12/h3-8H,1-2H3,(H,14,15). The molecule has 0 spiro atoms. The predicted octanol–water partition coefficient (Wildman–Crippen LogP) is 2.02. The fourth-order valence-electron chi connectivity index (χ4n) is 1.82. The summed E-state index contributed by atoms with van der Waals surface area (Å²) in [4.78, 5) is 4.39. The molecule has 0 aromatic carbocycles. The molecule has 3 heterocycles. The third kappa shape index (κ3) is 1.65. The highest BCUT2D eigenvalue weighted by Gasteiger charge is 2.05. The van der Waals surface area contributed by atoms with Gasteiger partial charge in [-0.2, -0.15) is 4.98 Å². The molecule has 0 radical (unpaired) electrons. The lowest BCUT2D eigenvalue weighted by Gasteiger charge is -2.08. The summed E-state index contributed by atoms with van der Waals surface area (Å²) < 4.78 is 3.71. The summed E-state index contributed by atoms with van der Waals surface area (Å²) >= 11 is 0. The van der Waals surface area contributed by atoms with Gasteiger partial charge in [0.1, 0.15) is 0 Å². The summed E-state index contributed by atoms with van der Waals surface area (Å²) in [7, 11) is 0. The molecule has 1 N–H and O–H groups in total. The molecule has 17 heavy (non-hydrogen) atoms. The smallest absolute Gasteiger partial charge is 0.262 e. The second kappa shape index (κ2) is 3.62. The van der Waals surface area contributed by atoms with Gasteiger partial charge in [-0.15, -0.1) is 5.10 Å². The third-order valence-electron chi connectivity index (χ3n) is 2.72. The molecule has 3 aromatic rings. The van der Waals surface area contributed by atoms with Crippen LogP contribution in [0.15, 0.2) is 36.5 Å². The second-order valence-electron chi connectivity index (χ2n) is 4.00. The number of rotatable bonds is 2. The van der Waals surface area contributed by atoms with Crippen molar-refractivity contribution in [2.75, 3.05) is 5.43 Å². The Labute approximate surface area is 98.7 Å². The van der Waals surface area contributed by atoms with Gasteiger partial charge in [-0.1, -0.05) is 6.07 Å². The van der Waals surface area contributed by atoms with Crippen LogP contribution in [0.3, 0.4) is 0 Å². The average Bonchev–Trinajstić information content (AvgIpc) is 2.87. The van der Waals surface area contributed by atoms with Crippen LogP contribution in [0.25, 0.3) is 5.65 Å². The lowest BCUT2D eigenvalue weighted by Crippen LogP contribution is -2.13. The zero-order chi connectivity index (χ0) is 11.8. The largest absolute Gasteiger partial charge is 0.262 e. The molecule has 0 unspecified atom stereocenters.